The third kappa shape index (κ3) is 2.59. The number of hydrogen-bond acceptors (Lipinski definition) is 2. The van der Waals surface area contributed by atoms with E-state index in [0.717, 1.165) is 18.2 Å². The molecule has 0 aliphatic heterocycles. The van der Waals surface area contributed by atoms with Crippen LogP contribution in [0.15, 0.2) is 36.7 Å². The highest BCUT2D eigenvalue weighted by atomic mass is 14.9. The molecule has 0 saturated carbocycles. The standard InChI is InChI=1S/C12H16N2/c1-2-5-11(6-3-1)9-14-12-7-4-8-13-10-12/h1-2,4,7-8,10-11,14H,3,5-6,9H2. The minimum atomic E-state index is 0.792. The van der Waals surface area contributed by atoms with Crippen LogP contribution in [0.1, 0.15) is 19.3 Å². The summed E-state index contributed by atoms with van der Waals surface area (Å²) in [5, 5.41) is 3.42. The molecule has 0 amide bonds. The first-order valence-electron chi connectivity index (χ1n) is 5.24. The van der Waals surface area contributed by atoms with Crippen molar-refractivity contribution in [3.8, 4) is 0 Å². The molecular weight excluding hydrogens is 172 g/mol. The number of nitrogens with zero attached hydrogens (tertiary/aromatic N) is 1. The zero-order chi connectivity index (χ0) is 9.64. The quantitative estimate of drug-likeness (QED) is 0.738. The fourth-order valence-electron chi connectivity index (χ4n) is 1.77. The topological polar surface area (TPSA) is 24.9 Å². The summed E-state index contributed by atoms with van der Waals surface area (Å²) in [6.45, 7) is 1.07. The van der Waals surface area contributed by atoms with Crippen LogP contribution >= 0.6 is 0 Å². The predicted molar refractivity (Wildman–Crippen MR) is 59.2 cm³/mol. The fourth-order valence-corrected chi connectivity index (χ4v) is 1.77. The second-order valence-corrected chi connectivity index (χ2v) is 3.77. The molecule has 2 heteroatoms. The fraction of sp³-hybridized carbons (Fsp3) is 0.417. The molecule has 0 bridgehead atoms. The van der Waals surface area contributed by atoms with Crippen molar-refractivity contribution >= 4 is 5.69 Å². The predicted octanol–water partition coefficient (Wildman–Crippen LogP) is 2.85. The molecule has 14 heavy (non-hydrogen) atoms. The molecule has 0 radical (unpaired) electrons. The Morgan fingerprint density at radius 2 is 2.43 bits per heavy atom. The Kier molecular flexibility index (Phi) is 3.17. The molecule has 0 aromatic carbocycles. The first-order valence-corrected chi connectivity index (χ1v) is 5.24. The highest BCUT2D eigenvalue weighted by Crippen LogP contribution is 2.18. The number of pyridine rings is 1. The maximum atomic E-state index is 4.07. The third-order valence-corrected chi connectivity index (χ3v) is 2.63. The van der Waals surface area contributed by atoms with Gasteiger partial charge in [0.25, 0.3) is 0 Å². The number of hydrogen-bond donors (Lipinski definition) is 1. The van der Waals surface area contributed by atoms with Gasteiger partial charge in [-0.25, -0.2) is 0 Å². The third-order valence-electron chi connectivity index (χ3n) is 2.63. The molecule has 1 aliphatic rings. The van der Waals surface area contributed by atoms with Crippen LogP contribution in [0.3, 0.4) is 0 Å². The number of rotatable bonds is 3. The van der Waals surface area contributed by atoms with Crippen LogP contribution in [0.5, 0.6) is 0 Å². The van der Waals surface area contributed by atoms with E-state index in [0.29, 0.717) is 0 Å². The van der Waals surface area contributed by atoms with Crippen molar-refractivity contribution in [2.45, 2.75) is 19.3 Å². The van der Waals surface area contributed by atoms with Crippen molar-refractivity contribution in [1.29, 1.82) is 0 Å². The van der Waals surface area contributed by atoms with Crippen LogP contribution in [0.2, 0.25) is 0 Å². The van der Waals surface area contributed by atoms with Crippen molar-refractivity contribution in [2.75, 3.05) is 11.9 Å². The molecule has 0 spiro atoms. The van der Waals surface area contributed by atoms with Gasteiger partial charge in [-0.05, 0) is 37.3 Å². The smallest absolute Gasteiger partial charge is 0.0526 e. The molecule has 74 valence electrons. The summed E-state index contributed by atoms with van der Waals surface area (Å²) in [6.07, 6.45) is 12.0. The summed E-state index contributed by atoms with van der Waals surface area (Å²) in [6, 6.07) is 4.02. The molecule has 1 N–H and O–H groups in total. The number of allylic oxidation sites excluding steroid dienone is 2. The Bertz CT molecular complexity index is 292. The molecule has 2 rings (SSSR count). The Balaban J connectivity index is 1.80. The van der Waals surface area contributed by atoms with E-state index < -0.39 is 0 Å². The van der Waals surface area contributed by atoms with Crippen LogP contribution in [0.25, 0.3) is 0 Å². The van der Waals surface area contributed by atoms with Crippen molar-refractivity contribution in [3.05, 3.63) is 36.7 Å². The Labute approximate surface area is 85.1 Å². The van der Waals surface area contributed by atoms with Gasteiger partial charge in [0.2, 0.25) is 0 Å². The highest BCUT2D eigenvalue weighted by Gasteiger charge is 2.08. The Morgan fingerprint density at radius 1 is 1.43 bits per heavy atom. The minimum absolute atomic E-state index is 0.792. The van der Waals surface area contributed by atoms with Crippen molar-refractivity contribution in [2.24, 2.45) is 5.92 Å². The molecule has 2 nitrogen and oxygen atoms in total. The molecule has 1 aromatic rings. The van der Waals surface area contributed by atoms with Gasteiger partial charge < -0.3 is 5.32 Å². The normalized spacial score (nSPS) is 20.7. The van der Waals surface area contributed by atoms with E-state index in [1.165, 1.54) is 19.3 Å². The summed E-state index contributed by atoms with van der Waals surface area (Å²) in [5.41, 5.74) is 1.13. The number of anilines is 1. The zero-order valence-corrected chi connectivity index (χ0v) is 8.32. The van der Waals surface area contributed by atoms with Crippen LogP contribution in [0.4, 0.5) is 5.69 Å². The highest BCUT2D eigenvalue weighted by molar-refractivity contribution is 5.39. The van der Waals surface area contributed by atoms with Gasteiger partial charge in [-0.1, -0.05) is 12.2 Å². The van der Waals surface area contributed by atoms with E-state index in [1.54, 1.807) is 6.20 Å². The Hall–Kier alpha value is -1.31. The maximum Gasteiger partial charge on any atom is 0.0526 e. The lowest BCUT2D eigenvalue weighted by Gasteiger charge is -2.18. The van der Waals surface area contributed by atoms with E-state index in [1.807, 2.05) is 12.3 Å². The summed E-state index contributed by atoms with van der Waals surface area (Å²) < 4.78 is 0. The van der Waals surface area contributed by atoms with E-state index in [2.05, 4.69) is 28.5 Å². The van der Waals surface area contributed by atoms with Crippen LogP contribution < -0.4 is 5.32 Å². The van der Waals surface area contributed by atoms with Gasteiger partial charge in [-0.3, -0.25) is 4.98 Å². The second-order valence-electron chi connectivity index (χ2n) is 3.77. The zero-order valence-electron chi connectivity index (χ0n) is 8.32. The molecular formula is C12H16N2. The molecule has 1 aromatic heterocycles. The molecule has 1 atom stereocenters. The van der Waals surface area contributed by atoms with Gasteiger partial charge in [0.05, 0.1) is 5.69 Å². The molecule has 1 unspecified atom stereocenters. The minimum Gasteiger partial charge on any atom is -0.384 e. The van der Waals surface area contributed by atoms with Gasteiger partial charge in [0.15, 0.2) is 0 Å². The number of nitrogens with one attached hydrogen (secondary N) is 1. The second kappa shape index (κ2) is 4.80. The SMILES string of the molecule is C1=CCC(CNc2cccnc2)CC1. The van der Waals surface area contributed by atoms with E-state index in [-0.39, 0.29) is 0 Å². The largest absolute Gasteiger partial charge is 0.384 e. The number of aromatic nitrogens is 1. The molecule has 0 saturated heterocycles. The summed E-state index contributed by atoms with van der Waals surface area (Å²) >= 11 is 0. The lowest BCUT2D eigenvalue weighted by Crippen LogP contribution is -2.15. The van der Waals surface area contributed by atoms with Gasteiger partial charge in [0.1, 0.15) is 0 Å². The van der Waals surface area contributed by atoms with Gasteiger partial charge >= 0.3 is 0 Å². The average molecular weight is 188 g/mol. The lowest BCUT2D eigenvalue weighted by molar-refractivity contribution is 0.504. The van der Waals surface area contributed by atoms with Crippen molar-refractivity contribution in [3.63, 3.8) is 0 Å². The maximum absolute atomic E-state index is 4.07. The van der Waals surface area contributed by atoms with Crippen LogP contribution in [-0.2, 0) is 0 Å². The summed E-state index contributed by atoms with van der Waals surface area (Å²) in [4.78, 5) is 4.07. The van der Waals surface area contributed by atoms with Gasteiger partial charge in [0, 0.05) is 18.9 Å². The monoisotopic (exact) mass is 188 g/mol. The van der Waals surface area contributed by atoms with Gasteiger partial charge in [-0.2, -0.15) is 0 Å². The first kappa shape index (κ1) is 9.25. The van der Waals surface area contributed by atoms with Gasteiger partial charge in [-0.15, -0.1) is 0 Å². The van der Waals surface area contributed by atoms with Crippen molar-refractivity contribution in [1.82, 2.24) is 4.98 Å². The molecule has 1 aliphatic carbocycles. The van der Waals surface area contributed by atoms with E-state index in [4.69, 9.17) is 0 Å². The molecule has 0 fully saturated rings. The Morgan fingerprint density at radius 3 is 3.14 bits per heavy atom. The lowest BCUT2D eigenvalue weighted by atomic mass is 9.94. The average Bonchev–Trinajstić information content (AvgIpc) is 2.29. The molecule has 1 heterocycles. The van der Waals surface area contributed by atoms with Crippen molar-refractivity contribution < 1.29 is 0 Å². The van der Waals surface area contributed by atoms with Crippen LogP contribution in [0, 0.1) is 5.92 Å². The summed E-state index contributed by atoms with van der Waals surface area (Å²) in [7, 11) is 0. The van der Waals surface area contributed by atoms with E-state index in [9.17, 15) is 0 Å². The first-order chi connectivity index (χ1) is 6.95. The van der Waals surface area contributed by atoms with E-state index >= 15 is 0 Å². The summed E-state index contributed by atoms with van der Waals surface area (Å²) in [5.74, 6) is 0.792. The van der Waals surface area contributed by atoms with Crippen LogP contribution in [-0.4, -0.2) is 11.5 Å².